The van der Waals surface area contributed by atoms with Gasteiger partial charge in [0.25, 0.3) is 0 Å². The Kier molecular flexibility index (Phi) is 4.14. The predicted octanol–water partition coefficient (Wildman–Crippen LogP) is 2.65. The summed E-state index contributed by atoms with van der Waals surface area (Å²) < 4.78 is 5.77. The van der Waals surface area contributed by atoms with Crippen LogP contribution in [0.2, 0.25) is 0 Å². The first-order valence-electron chi connectivity index (χ1n) is 7.17. The van der Waals surface area contributed by atoms with Crippen molar-refractivity contribution in [3.05, 3.63) is 16.8 Å². The van der Waals surface area contributed by atoms with Gasteiger partial charge in [-0.2, -0.15) is 0 Å². The van der Waals surface area contributed by atoms with Crippen LogP contribution in [-0.4, -0.2) is 22.7 Å². The van der Waals surface area contributed by atoms with E-state index < -0.39 is 0 Å². The van der Waals surface area contributed by atoms with Crippen LogP contribution < -0.4 is 11.3 Å². The van der Waals surface area contributed by atoms with Gasteiger partial charge in [0.1, 0.15) is 10.7 Å². The number of nitrogens with one attached hydrogen (secondary N) is 1. The Morgan fingerprint density at radius 2 is 2.35 bits per heavy atom. The molecule has 1 unspecified atom stereocenters. The Morgan fingerprint density at radius 1 is 1.45 bits per heavy atom. The molecule has 1 aliphatic heterocycles. The number of rotatable bonds is 4. The Bertz CT molecular complexity index is 592. The van der Waals surface area contributed by atoms with Gasteiger partial charge in [-0.3, -0.25) is 0 Å². The summed E-state index contributed by atoms with van der Waals surface area (Å²) >= 11 is 1.72. The largest absolute Gasteiger partial charge is 0.378 e. The molecule has 1 aliphatic rings. The quantitative estimate of drug-likeness (QED) is 0.669. The molecule has 2 aromatic rings. The Hall–Kier alpha value is -1.24. The van der Waals surface area contributed by atoms with Crippen LogP contribution >= 0.6 is 11.3 Å². The summed E-state index contributed by atoms with van der Waals surface area (Å²) in [4.78, 5) is 11.5. The Morgan fingerprint density at radius 3 is 3.05 bits per heavy atom. The molecule has 5 nitrogen and oxygen atoms in total. The highest BCUT2D eigenvalue weighted by molar-refractivity contribution is 7.18. The number of anilines is 1. The monoisotopic (exact) mass is 292 g/mol. The van der Waals surface area contributed by atoms with Gasteiger partial charge in [0.2, 0.25) is 0 Å². The smallest absolute Gasteiger partial charge is 0.152 e. The first-order valence-corrected chi connectivity index (χ1v) is 7.99. The maximum absolute atomic E-state index is 5.77. The van der Waals surface area contributed by atoms with Crippen LogP contribution in [0.4, 0.5) is 5.82 Å². The summed E-state index contributed by atoms with van der Waals surface area (Å²) in [6, 6.07) is 2.12. The van der Waals surface area contributed by atoms with Gasteiger partial charge < -0.3 is 10.2 Å². The standard InChI is InChI=1S/C14H20N4OS/c1-2-10-8-11-13(18-15)16-12(17-14(11)20-10)7-9-5-3-4-6-19-9/h8-9H,2-7,15H2,1H3,(H,16,17,18). The fourth-order valence-electron chi connectivity index (χ4n) is 2.56. The number of aryl methyl sites for hydroxylation is 1. The van der Waals surface area contributed by atoms with Crippen LogP contribution in [0.1, 0.15) is 36.9 Å². The van der Waals surface area contributed by atoms with E-state index in [1.165, 1.54) is 11.3 Å². The third-order valence-corrected chi connectivity index (χ3v) is 4.83. The summed E-state index contributed by atoms with van der Waals surface area (Å²) in [7, 11) is 0. The minimum absolute atomic E-state index is 0.248. The second-order valence-corrected chi connectivity index (χ2v) is 6.23. The maximum Gasteiger partial charge on any atom is 0.152 e. The molecule has 3 heterocycles. The topological polar surface area (TPSA) is 73.1 Å². The molecule has 6 heteroatoms. The Balaban J connectivity index is 1.90. The minimum Gasteiger partial charge on any atom is -0.378 e. The molecular formula is C14H20N4OS. The summed E-state index contributed by atoms with van der Waals surface area (Å²) in [5, 5.41) is 1.02. The summed E-state index contributed by atoms with van der Waals surface area (Å²) in [6.07, 6.45) is 5.51. The van der Waals surface area contributed by atoms with Gasteiger partial charge >= 0.3 is 0 Å². The molecule has 0 bridgehead atoms. The van der Waals surface area contributed by atoms with E-state index in [9.17, 15) is 0 Å². The average Bonchev–Trinajstić information content (AvgIpc) is 2.90. The third-order valence-electron chi connectivity index (χ3n) is 3.66. The second kappa shape index (κ2) is 6.03. The van der Waals surface area contributed by atoms with Crippen molar-refractivity contribution in [2.75, 3.05) is 12.0 Å². The number of nitrogens with zero attached hydrogens (tertiary/aromatic N) is 2. The molecule has 2 aromatic heterocycles. The lowest BCUT2D eigenvalue weighted by Gasteiger charge is -2.21. The molecule has 0 saturated carbocycles. The first-order chi connectivity index (χ1) is 9.80. The Labute approximate surface area is 122 Å². The lowest BCUT2D eigenvalue weighted by atomic mass is 10.1. The van der Waals surface area contributed by atoms with Crippen LogP contribution in [0.15, 0.2) is 6.07 Å². The van der Waals surface area contributed by atoms with Crippen molar-refractivity contribution >= 4 is 27.4 Å². The minimum atomic E-state index is 0.248. The van der Waals surface area contributed by atoms with E-state index in [0.717, 1.165) is 54.1 Å². The number of hydrogen-bond acceptors (Lipinski definition) is 6. The van der Waals surface area contributed by atoms with Gasteiger partial charge in [-0.05, 0) is 31.7 Å². The molecule has 20 heavy (non-hydrogen) atoms. The summed E-state index contributed by atoms with van der Waals surface area (Å²) in [6.45, 7) is 3.00. The fraction of sp³-hybridized carbons (Fsp3) is 0.571. The fourth-order valence-corrected chi connectivity index (χ4v) is 3.55. The first kappa shape index (κ1) is 13.7. The molecule has 0 aliphatic carbocycles. The van der Waals surface area contributed by atoms with E-state index in [4.69, 9.17) is 10.6 Å². The van der Waals surface area contributed by atoms with Crippen LogP contribution in [-0.2, 0) is 17.6 Å². The highest BCUT2D eigenvalue weighted by Gasteiger charge is 2.18. The van der Waals surface area contributed by atoms with Crippen molar-refractivity contribution in [2.45, 2.75) is 45.1 Å². The zero-order valence-electron chi connectivity index (χ0n) is 11.7. The van der Waals surface area contributed by atoms with Crippen molar-refractivity contribution in [2.24, 2.45) is 5.84 Å². The van der Waals surface area contributed by atoms with E-state index in [2.05, 4.69) is 28.4 Å². The third kappa shape index (κ3) is 2.77. The normalized spacial score (nSPS) is 19.4. The molecular weight excluding hydrogens is 272 g/mol. The van der Waals surface area contributed by atoms with Crippen molar-refractivity contribution in [3.8, 4) is 0 Å². The van der Waals surface area contributed by atoms with E-state index in [-0.39, 0.29) is 6.10 Å². The zero-order chi connectivity index (χ0) is 13.9. The second-order valence-electron chi connectivity index (χ2n) is 5.11. The van der Waals surface area contributed by atoms with Gasteiger partial charge in [0.05, 0.1) is 11.5 Å². The highest BCUT2D eigenvalue weighted by Crippen LogP contribution is 2.29. The zero-order valence-corrected chi connectivity index (χ0v) is 12.5. The number of aromatic nitrogens is 2. The number of thiophene rings is 1. The number of ether oxygens (including phenoxy) is 1. The summed E-state index contributed by atoms with van der Waals surface area (Å²) in [5.41, 5.74) is 2.70. The lowest BCUT2D eigenvalue weighted by Crippen LogP contribution is -2.22. The van der Waals surface area contributed by atoms with Crippen LogP contribution in [0, 0.1) is 0 Å². The van der Waals surface area contributed by atoms with E-state index in [1.807, 2.05) is 0 Å². The molecule has 0 aromatic carbocycles. The van der Waals surface area contributed by atoms with Gasteiger partial charge in [-0.25, -0.2) is 15.8 Å². The number of hydrogen-bond donors (Lipinski definition) is 2. The average molecular weight is 292 g/mol. The van der Waals surface area contributed by atoms with Crippen molar-refractivity contribution in [1.29, 1.82) is 0 Å². The van der Waals surface area contributed by atoms with Gasteiger partial charge in [-0.15, -0.1) is 11.3 Å². The number of nitrogens with two attached hydrogens (primary N) is 1. The highest BCUT2D eigenvalue weighted by atomic mass is 32.1. The summed E-state index contributed by atoms with van der Waals surface area (Å²) in [5.74, 6) is 7.14. The molecule has 1 fully saturated rings. The van der Waals surface area contributed by atoms with Crippen molar-refractivity contribution in [1.82, 2.24) is 9.97 Å². The lowest BCUT2D eigenvalue weighted by molar-refractivity contribution is 0.0157. The van der Waals surface area contributed by atoms with Crippen LogP contribution in [0.3, 0.4) is 0 Å². The predicted molar refractivity (Wildman–Crippen MR) is 81.9 cm³/mol. The van der Waals surface area contributed by atoms with E-state index in [1.54, 1.807) is 11.3 Å². The molecule has 0 spiro atoms. The number of nitrogen functional groups attached to an aromatic ring is 1. The van der Waals surface area contributed by atoms with E-state index in [0.29, 0.717) is 0 Å². The molecule has 108 valence electrons. The number of hydrazine groups is 1. The molecule has 0 amide bonds. The van der Waals surface area contributed by atoms with Crippen LogP contribution in [0.25, 0.3) is 10.2 Å². The van der Waals surface area contributed by atoms with Gasteiger partial charge in [0.15, 0.2) is 5.82 Å². The van der Waals surface area contributed by atoms with Gasteiger partial charge in [0, 0.05) is 17.9 Å². The number of fused-ring (bicyclic) bond motifs is 1. The SMILES string of the molecule is CCc1cc2c(NN)nc(CC3CCCCO3)nc2s1. The molecule has 3 N–H and O–H groups in total. The van der Waals surface area contributed by atoms with Crippen molar-refractivity contribution < 1.29 is 4.74 Å². The maximum atomic E-state index is 5.77. The molecule has 1 saturated heterocycles. The molecule has 1 atom stereocenters. The molecule has 3 rings (SSSR count). The van der Waals surface area contributed by atoms with Gasteiger partial charge in [-0.1, -0.05) is 6.92 Å². The van der Waals surface area contributed by atoms with Crippen molar-refractivity contribution in [3.63, 3.8) is 0 Å². The van der Waals surface area contributed by atoms with Crippen LogP contribution in [0.5, 0.6) is 0 Å². The van der Waals surface area contributed by atoms with E-state index >= 15 is 0 Å². The molecule has 0 radical (unpaired) electrons.